The van der Waals surface area contributed by atoms with E-state index in [9.17, 15) is 18.0 Å². The number of carbonyl (C=O) groups excluding carboxylic acids is 1. The lowest BCUT2D eigenvalue weighted by atomic mass is 10.00. The van der Waals surface area contributed by atoms with Gasteiger partial charge in [0.15, 0.2) is 11.0 Å². The fraction of sp³-hybridized carbons (Fsp3) is 0.353. The van der Waals surface area contributed by atoms with Crippen molar-refractivity contribution in [1.29, 1.82) is 0 Å². The number of carbonyl (C=O) groups is 1. The van der Waals surface area contributed by atoms with Crippen molar-refractivity contribution in [2.45, 2.75) is 58.4 Å². The Kier molecular flexibility index (Phi) is 10.7. The SMILES string of the molecule is COc1ccc(C(C)C)c(N2CCCSC2=NC(=O)NC(C)CCc2ccc(-c3ncn(-c4ccc(OC(F)(F)F)cc4)n3)cc2)c1. The van der Waals surface area contributed by atoms with Crippen LogP contribution in [-0.4, -0.2) is 57.8 Å². The van der Waals surface area contributed by atoms with Crippen LogP contribution in [0, 0.1) is 0 Å². The Hall–Kier alpha value is -4.52. The molecule has 1 saturated heterocycles. The van der Waals surface area contributed by atoms with Gasteiger partial charge in [-0.3, -0.25) is 0 Å². The van der Waals surface area contributed by atoms with Gasteiger partial charge in [-0.25, -0.2) is 14.5 Å². The summed E-state index contributed by atoms with van der Waals surface area (Å²) >= 11 is 1.59. The second kappa shape index (κ2) is 14.9. The summed E-state index contributed by atoms with van der Waals surface area (Å²) in [6.07, 6.45) is -0.787. The molecule has 0 aliphatic carbocycles. The van der Waals surface area contributed by atoms with Crippen LogP contribution in [0.5, 0.6) is 11.5 Å². The molecule has 3 aromatic carbocycles. The number of rotatable bonds is 10. The summed E-state index contributed by atoms with van der Waals surface area (Å²) < 4.78 is 48.2. The van der Waals surface area contributed by atoms with Crippen LogP contribution in [0.3, 0.4) is 0 Å². The van der Waals surface area contributed by atoms with E-state index in [4.69, 9.17) is 4.74 Å². The minimum absolute atomic E-state index is 0.0955. The zero-order valence-electron chi connectivity index (χ0n) is 26.6. The molecule has 0 radical (unpaired) electrons. The third-order valence-electron chi connectivity index (χ3n) is 7.61. The van der Waals surface area contributed by atoms with Gasteiger partial charge in [-0.2, -0.15) is 4.99 Å². The minimum atomic E-state index is -4.75. The number of thioether (sulfide) groups is 1. The minimum Gasteiger partial charge on any atom is -0.497 e. The first-order valence-corrected chi connectivity index (χ1v) is 16.3. The van der Waals surface area contributed by atoms with E-state index in [2.05, 4.69) is 49.9 Å². The van der Waals surface area contributed by atoms with Crippen LogP contribution in [0.4, 0.5) is 23.7 Å². The fourth-order valence-corrected chi connectivity index (χ4v) is 6.12. The number of aliphatic imine (C=N–C) groups is 1. The highest BCUT2D eigenvalue weighted by atomic mass is 32.2. The molecule has 5 rings (SSSR count). The molecule has 2 heterocycles. The zero-order chi connectivity index (χ0) is 33.6. The largest absolute Gasteiger partial charge is 0.573 e. The van der Waals surface area contributed by atoms with Gasteiger partial charge >= 0.3 is 12.4 Å². The molecular formula is C34H37F3N6O3S. The van der Waals surface area contributed by atoms with Gasteiger partial charge in [0.1, 0.15) is 17.8 Å². The van der Waals surface area contributed by atoms with Crippen molar-refractivity contribution in [1.82, 2.24) is 20.1 Å². The van der Waals surface area contributed by atoms with E-state index >= 15 is 0 Å². The highest BCUT2D eigenvalue weighted by molar-refractivity contribution is 8.14. The number of ether oxygens (including phenoxy) is 2. The van der Waals surface area contributed by atoms with E-state index in [0.29, 0.717) is 22.6 Å². The van der Waals surface area contributed by atoms with E-state index in [-0.39, 0.29) is 17.8 Å². The number of alkyl halides is 3. The predicted molar refractivity (Wildman–Crippen MR) is 179 cm³/mol. The van der Waals surface area contributed by atoms with E-state index in [1.165, 1.54) is 40.8 Å². The average molecular weight is 667 g/mol. The Morgan fingerprint density at radius 2 is 1.77 bits per heavy atom. The number of hydrogen-bond acceptors (Lipinski definition) is 6. The quantitative estimate of drug-likeness (QED) is 0.183. The number of benzene rings is 3. The maximum atomic E-state index is 13.0. The van der Waals surface area contributed by atoms with Crippen LogP contribution < -0.4 is 19.7 Å². The number of anilines is 1. The molecule has 1 fully saturated rings. The topological polar surface area (TPSA) is 93.9 Å². The Bertz CT molecular complexity index is 1690. The van der Waals surface area contributed by atoms with Crippen LogP contribution in [-0.2, 0) is 6.42 Å². The molecule has 1 aromatic heterocycles. The van der Waals surface area contributed by atoms with Gasteiger partial charge in [-0.1, -0.05) is 55.9 Å². The van der Waals surface area contributed by atoms with E-state index in [1.54, 1.807) is 18.9 Å². The van der Waals surface area contributed by atoms with Gasteiger partial charge in [0.2, 0.25) is 0 Å². The van der Waals surface area contributed by atoms with E-state index < -0.39 is 6.36 Å². The smallest absolute Gasteiger partial charge is 0.497 e. The Morgan fingerprint density at radius 1 is 1.04 bits per heavy atom. The number of urea groups is 1. The van der Waals surface area contributed by atoms with Gasteiger partial charge in [-0.15, -0.1) is 18.3 Å². The van der Waals surface area contributed by atoms with Crippen molar-refractivity contribution in [2.75, 3.05) is 24.3 Å². The lowest BCUT2D eigenvalue weighted by Gasteiger charge is -2.32. The Labute approximate surface area is 276 Å². The number of hydrogen-bond donors (Lipinski definition) is 1. The fourth-order valence-electron chi connectivity index (χ4n) is 5.17. The maximum Gasteiger partial charge on any atom is 0.573 e. The molecule has 2 amide bonds. The molecule has 0 saturated carbocycles. The number of methoxy groups -OCH3 is 1. The summed E-state index contributed by atoms with van der Waals surface area (Å²) in [7, 11) is 1.65. The molecule has 1 N–H and O–H groups in total. The number of aryl methyl sites for hydroxylation is 1. The van der Waals surface area contributed by atoms with Crippen LogP contribution >= 0.6 is 11.8 Å². The van der Waals surface area contributed by atoms with E-state index in [1.807, 2.05) is 43.3 Å². The molecule has 0 spiro atoms. The summed E-state index contributed by atoms with van der Waals surface area (Å²) in [4.78, 5) is 23.9. The van der Waals surface area contributed by atoms with Crippen molar-refractivity contribution >= 4 is 28.6 Å². The molecule has 248 valence electrons. The van der Waals surface area contributed by atoms with Gasteiger partial charge < -0.3 is 19.7 Å². The van der Waals surface area contributed by atoms with Crippen molar-refractivity contribution in [3.63, 3.8) is 0 Å². The predicted octanol–water partition coefficient (Wildman–Crippen LogP) is 8.00. The van der Waals surface area contributed by atoms with Gasteiger partial charge in [0, 0.05) is 35.7 Å². The highest BCUT2D eigenvalue weighted by Gasteiger charge is 2.31. The summed E-state index contributed by atoms with van der Waals surface area (Å²) in [5.41, 5.74) is 4.64. The first-order valence-electron chi connectivity index (χ1n) is 15.3. The molecule has 9 nitrogen and oxygen atoms in total. The summed E-state index contributed by atoms with van der Waals surface area (Å²) in [5.74, 6) is 2.15. The highest BCUT2D eigenvalue weighted by Crippen LogP contribution is 2.35. The summed E-state index contributed by atoms with van der Waals surface area (Å²) in [6.45, 7) is 7.05. The lowest BCUT2D eigenvalue weighted by Crippen LogP contribution is -2.38. The van der Waals surface area contributed by atoms with Crippen molar-refractivity contribution < 1.29 is 27.4 Å². The second-order valence-electron chi connectivity index (χ2n) is 11.5. The number of amidine groups is 1. The maximum absolute atomic E-state index is 13.0. The van der Waals surface area contributed by atoms with Crippen LogP contribution in [0.15, 0.2) is 78.0 Å². The van der Waals surface area contributed by atoms with Gasteiger partial charge in [0.05, 0.1) is 12.8 Å². The third kappa shape index (κ3) is 9.06. The van der Waals surface area contributed by atoms with Crippen LogP contribution in [0.1, 0.15) is 50.7 Å². The average Bonchev–Trinajstić information content (AvgIpc) is 3.54. The van der Waals surface area contributed by atoms with Crippen LogP contribution in [0.2, 0.25) is 0 Å². The first-order chi connectivity index (χ1) is 22.5. The number of amides is 2. The van der Waals surface area contributed by atoms with Crippen LogP contribution in [0.25, 0.3) is 17.1 Å². The van der Waals surface area contributed by atoms with Crippen molar-refractivity contribution in [3.8, 4) is 28.6 Å². The number of halogens is 3. The number of aromatic nitrogens is 3. The van der Waals surface area contributed by atoms with Gasteiger partial charge in [-0.05, 0) is 73.6 Å². The van der Waals surface area contributed by atoms with E-state index in [0.717, 1.165) is 54.1 Å². The molecule has 1 atom stereocenters. The molecule has 13 heteroatoms. The molecule has 1 unspecified atom stereocenters. The molecule has 0 bridgehead atoms. The standard InChI is InChI=1S/C34H37F3N6O3S/c1-22(2)29-17-16-28(45-4)20-30(29)42-18-5-19-47-33(42)40-32(44)39-23(3)6-7-24-8-10-25(11-9-24)31-38-21-43(41-31)26-12-14-27(15-13-26)46-34(35,36)37/h8-17,20-23H,5-7,18-19H2,1-4H3,(H,39,44). The molecule has 1 aliphatic rings. The summed E-state index contributed by atoms with van der Waals surface area (Å²) in [5, 5.41) is 8.17. The second-order valence-corrected chi connectivity index (χ2v) is 12.5. The molecule has 4 aromatic rings. The molecular weight excluding hydrogens is 629 g/mol. The third-order valence-corrected chi connectivity index (χ3v) is 8.67. The van der Waals surface area contributed by atoms with Gasteiger partial charge in [0.25, 0.3) is 0 Å². The Morgan fingerprint density at radius 3 is 2.45 bits per heavy atom. The monoisotopic (exact) mass is 666 g/mol. The molecule has 47 heavy (non-hydrogen) atoms. The first kappa shape index (κ1) is 33.8. The number of nitrogens with one attached hydrogen (secondary N) is 1. The normalized spacial score (nSPS) is 15.1. The van der Waals surface area contributed by atoms with Crippen molar-refractivity contribution in [3.05, 3.63) is 84.2 Å². The lowest BCUT2D eigenvalue weighted by molar-refractivity contribution is -0.274. The Balaban J connectivity index is 1.16. The zero-order valence-corrected chi connectivity index (χ0v) is 27.4. The molecule has 1 aliphatic heterocycles. The number of nitrogens with zero attached hydrogens (tertiary/aromatic N) is 5. The summed E-state index contributed by atoms with van der Waals surface area (Å²) in [6, 6.07) is 18.8. The van der Waals surface area contributed by atoms with Crippen molar-refractivity contribution in [2.24, 2.45) is 4.99 Å².